The summed E-state index contributed by atoms with van der Waals surface area (Å²) in [5, 5.41) is 0. The third-order valence-electron chi connectivity index (χ3n) is 6.39. The Hall–Kier alpha value is -3.14. The fraction of sp³-hybridized carbons (Fsp3) is 0.250. The number of nitrogens with zero attached hydrogens (tertiary/aromatic N) is 1. The van der Waals surface area contributed by atoms with Crippen LogP contribution in [0, 0.1) is 23.7 Å². The Labute approximate surface area is 164 Å². The lowest BCUT2D eigenvalue weighted by molar-refractivity contribution is -0.122. The number of carbonyl (C=O) groups is 2. The Kier molecular flexibility index (Phi) is 3.76. The summed E-state index contributed by atoms with van der Waals surface area (Å²) in [4.78, 5) is 27.9. The molecule has 28 heavy (non-hydrogen) atoms. The molecule has 0 unspecified atom stereocenters. The van der Waals surface area contributed by atoms with Gasteiger partial charge in [-0.3, -0.25) is 9.59 Å². The zero-order chi connectivity index (χ0) is 19.4. The molecule has 1 saturated heterocycles. The molecule has 1 heterocycles. The van der Waals surface area contributed by atoms with Crippen LogP contribution in [0.1, 0.15) is 12.5 Å². The number of fused-ring (bicyclic) bond motifs is 5. The van der Waals surface area contributed by atoms with Crippen molar-refractivity contribution >= 4 is 23.1 Å². The lowest BCUT2D eigenvalue weighted by Crippen LogP contribution is -2.33. The Balaban J connectivity index is 1.52. The number of rotatable bonds is 3. The largest absolute Gasteiger partial charge is 0.497 e. The number of anilines is 1. The second-order valence-corrected chi connectivity index (χ2v) is 7.64. The molecule has 1 saturated carbocycles. The molecule has 2 aromatic rings. The zero-order valence-corrected chi connectivity index (χ0v) is 15.8. The van der Waals surface area contributed by atoms with E-state index in [4.69, 9.17) is 4.74 Å². The van der Waals surface area contributed by atoms with Gasteiger partial charge in [0.25, 0.3) is 0 Å². The molecule has 0 N–H and O–H groups in total. The van der Waals surface area contributed by atoms with Gasteiger partial charge in [0.1, 0.15) is 5.75 Å². The third-order valence-corrected chi connectivity index (χ3v) is 6.39. The van der Waals surface area contributed by atoms with Crippen molar-refractivity contribution in [2.24, 2.45) is 23.7 Å². The number of hydrogen-bond acceptors (Lipinski definition) is 3. The summed E-state index contributed by atoms with van der Waals surface area (Å²) < 4.78 is 5.18. The molecule has 0 spiro atoms. The molecular weight excluding hydrogens is 350 g/mol. The Bertz CT molecular complexity index is 986. The van der Waals surface area contributed by atoms with Crippen LogP contribution in [0.15, 0.2) is 72.3 Å². The fourth-order valence-electron chi connectivity index (χ4n) is 5.10. The number of ether oxygens (including phenoxy) is 1. The van der Waals surface area contributed by atoms with E-state index in [1.54, 1.807) is 31.4 Å². The summed E-state index contributed by atoms with van der Waals surface area (Å²) in [6.45, 7) is 2.11. The maximum atomic E-state index is 13.3. The quantitative estimate of drug-likeness (QED) is 0.603. The molecule has 2 aliphatic carbocycles. The van der Waals surface area contributed by atoms with Crippen LogP contribution in [0.4, 0.5) is 5.69 Å². The van der Waals surface area contributed by atoms with Crippen molar-refractivity contribution in [2.75, 3.05) is 12.0 Å². The van der Waals surface area contributed by atoms with Gasteiger partial charge in [0.15, 0.2) is 0 Å². The van der Waals surface area contributed by atoms with E-state index in [-0.39, 0.29) is 35.5 Å². The molecule has 2 fully saturated rings. The second kappa shape index (κ2) is 6.20. The molecule has 2 aromatic carbocycles. The minimum atomic E-state index is -0.293. The van der Waals surface area contributed by atoms with Gasteiger partial charge in [-0.1, -0.05) is 48.1 Å². The van der Waals surface area contributed by atoms with Gasteiger partial charge < -0.3 is 4.74 Å². The number of benzene rings is 2. The SMILES string of the molecule is COc1ccc(N2C(=O)[C@@H]3[C@H](C2=O)[C@H]2C=C[C@H]3C2=C(C)c2ccccc2)cc1. The first-order chi connectivity index (χ1) is 13.6. The number of methoxy groups -OCH3 is 1. The molecule has 4 nitrogen and oxygen atoms in total. The summed E-state index contributed by atoms with van der Waals surface area (Å²) >= 11 is 0. The highest BCUT2D eigenvalue weighted by Gasteiger charge is 2.62. The van der Waals surface area contributed by atoms with Crippen molar-refractivity contribution in [2.45, 2.75) is 6.92 Å². The van der Waals surface area contributed by atoms with E-state index in [0.29, 0.717) is 11.4 Å². The van der Waals surface area contributed by atoms with Crippen LogP contribution in [0.25, 0.3) is 5.57 Å². The first-order valence-electron chi connectivity index (χ1n) is 9.58. The number of allylic oxidation sites excluding steroid dienone is 4. The van der Waals surface area contributed by atoms with E-state index in [0.717, 1.165) is 5.56 Å². The number of amides is 2. The lowest BCUT2D eigenvalue weighted by atomic mass is 9.85. The molecule has 3 aliphatic rings. The van der Waals surface area contributed by atoms with Gasteiger partial charge in [0.05, 0.1) is 24.6 Å². The van der Waals surface area contributed by atoms with Crippen LogP contribution < -0.4 is 9.64 Å². The average molecular weight is 371 g/mol. The van der Waals surface area contributed by atoms with Gasteiger partial charge in [-0.2, -0.15) is 0 Å². The molecule has 0 aromatic heterocycles. The molecule has 4 heteroatoms. The highest BCUT2D eigenvalue weighted by Crippen LogP contribution is 2.58. The molecule has 4 atom stereocenters. The predicted molar refractivity (Wildman–Crippen MR) is 108 cm³/mol. The fourth-order valence-corrected chi connectivity index (χ4v) is 5.10. The van der Waals surface area contributed by atoms with E-state index >= 15 is 0 Å². The summed E-state index contributed by atoms with van der Waals surface area (Å²) in [7, 11) is 1.60. The van der Waals surface area contributed by atoms with Crippen molar-refractivity contribution in [3.8, 4) is 5.75 Å². The van der Waals surface area contributed by atoms with Crippen LogP contribution in [0.3, 0.4) is 0 Å². The minimum absolute atomic E-state index is 0.00917. The molecule has 0 radical (unpaired) electrons. The summed E-state index contributed by atoms with van der Waals surface area (Å²) in [6.07, 6.45) is 4.24. The predicted octanol–water partition coefficient (Wildman–Crippen LogP) is 4.09. The van der Waals surface area contributed by atoms with Crippen molar-refractivity contribution < 1.29 is 14.3 Å². The Morgan fingerprint density at radius 2 is 1.43 bits per heavy atom. The number of hydrogen-bond donors (Lipinski definition) is 0. The van der Waals surface area contributed by atoms with E-state index in [9.17, 15) is 9.59 Å². The van der Waals surface area contributed by atoms with Crippen molar-refractivity contribution in [1.29, 1.82) is 0 Å². The first kappa shape index (κ1) is 17.0. The van der Waals surface area contributed by atoms with E-state index < -0.39 is 0 Å². The van der Waals surface area contributed by atoms with Crippen molar-refractivity contribution in [1.82, 2.24) is 0 Å². The molecule has 140 valence electrons. The zero-order valence-electron chi connectivity index (χ0n) is 15.8. The first-order valence-corrected chi connectivity index (χ1v) is 9.58. The Morgan fingerprint density at radius 3 is 1.96 bits per heavy atom. The topological polar surface area (TPSA) is 46.6 Å². The van der Waals surface area contributed by atoms with E-state index in [2.05, 4.69) is 31.2 Å². The number of carbonyl (C=O) groups excluding carboxylic acids is 2. The number of imide groups is 1. The second-order valence-electron chi connectivity index (χ2n) is 7.64. The van der Waals surface area contributed by atoms with Crippen LogP contribution >= 0.6 is 0 Å². The van der Waals surface area contributed by atoms with Gasteiger partial charge >= 0.3 is 0 Å². The maximum absolute atomic E-state index is 13.3. The Morgan fingerprint density at radius 1 is 0.857 bits per heavy atom. The monoisotopic (exact) mass is 371 g/mol. The highest BCUT2D eigenvalue weighted by molar-refractivity contribution is 6.23. The molecule has 1 aliphatic heterocycles. The van der Waals surface area contributed by atoms with Crippen LogP contribution in [0.2, 0.25) is 0 Å². The van der Waals surface area contributed by atoms with Gasteiger partial charge in [0, 0.05) is 11.8 Å². The summed E-state index contributed by atoms with van der Waals surface area (Å²) in [6, 6.07) is 17.3. The lowest BCUT2D eigenvalue weighted by Gasteiger charge is -2.20. The van der Waals surface area contributed by atoms with E-state index in [1.165, 1.54) is 16.0 Å². The minimum Gasteiger partial charge on any atom is -0.497 e. The normalized spacial score (nSPS) is 29.4. The maximum Gasteiger partial charge on any atom is 0.238 e. The smallest absolute Gasteiger partial charge is 0.238 e. The molecule has 2 amide bonds. The van der Waals surface area contributed by atoms with Crippen molar-refractivity contribution in [3.05, 3.63) is 77.9 Å². The standard InChI is InChI=1S/C24H21NO3/c1-14(15-6-4-3-5-7-15)20-18-12-13-19(20)22-21(18)23(26)25(24(22)27)16-8-10-17(28-2)11-9-16/h3-13,18-19,21-22H,1-2H3/t18-,19-,21-,22+/m0/s1. The van der Waals surface area contributed by atoms with E-state index in [1.807, 2.05) is 18.2 Å². The molecule has 2 bridgehead atoms. The van der Waals surface area contributed by atoms with Gasteiger partial charge in [-0.05, 0) is 42.3 Å². The highest BCUT2D eigenvalue weighted by atomic mass is 16.5. The van der Waals surface area contributed by atoms with Crippen LogP contribution in [-0.4, -0.2) is 18.9 Å². The van der Waals surface area contributed by atoms with Gasteiger partial charge in [-0.25, -0.2) is 4.90 Å². The van der Waals surface area contributed by atoms with Gasteiger partial charge in [0.2, 0.25) is 11.8 Å². The third kappa shape index (κ3) is 2.24. The summed E-state index contributed by atoms with van der Waals surface area (Å²) in [5.41, 5.74) is 4.20. The average Bonchev–Trinajstić information content (AvgIpc) is 3.38. The van der Waals surface area contributed by atoms with Crippen molar-refractivity contribution in [3.63, 3.8) is 0 Å². The van der Waals surface area contributed by atoms with Gasteiger partial charge in [-0.15, -0.1) is 0 Å². The van der Waals surface area contributed by atoms with Crippen LogP contribution in [0.5, 0.6) is 5.75 Å². The molecule has 5 rings (SSSR count). The van der Waals surface area contributed by atoms with Crippen LogP contribution in [-0.2, 0) is 9.59 Å². The molecular formula is C24H21NO3. The summed E-state index contributed by atoms with van der Waals surface area (Å²) in [5.74, 6) is -0.0411.